The summed E-state index contributed by atoms with van der Waals surface area (Å²) in [7, 11) is -4.08. The third kappa shape index (κ3) is 3.01. The van der Waals surface area contributed by atoms with Gasteiger partial charge in [-0.15, -0.1) is 0 Å². The molecule has 0 bridgehead atoms. The Bertz CT molecular complexity index is 1160. The van der Waals surface area contributed by atoms with E-state index in [9.17, 15) is 18.6 Å². The summed E-state index contributed by atoms with van der Waals surface area (Å²) in [5.74, 6) is -0.0101. The number of hydrogen-bond acceptors (Lipinski definition) is 5. The second-order valence-electron chi connectivity index (χ2n) is 6.92. The molecule has 2 N–H and O–H groups in total. The first-order valence-electron chi connectivity index (χ1n) is 8.62. The van der Waals surface area contributed by atoms with Crippen LogP contribution in [0.2, 0.25) is 0 Å². The molecule has 0 aromatic heterocycles. The maximum atomic E-state index is 12.9. The molecule has 8 heteroatoms. The van der Waals surface area contributed by atoms with Crippen LogP contribution >= 0.6 is 31.9 Å². The van der Waals surface area contributed by atoms with E-state index in [1.807, 2.05) is 0 Å². The minimum absolute atomic E-state index is 0.00507. The molecule has 3 aromatic rings. The number of phenolic OH excluding ortho intramolecular Hbond substituents is 2. The van der Waals surface area contributed by atoms with Crippen molar-refractivity contribution in [3.63, 3.8) is 0 Å². The van der Waals surface area contributed by atoms with Gasteiger partial charge in [-0.3, -0.25) is 0 Å². The predicted molar refractivity (Wildman–Crippen MR) is 116 cm³/mol. The van der Waals surface area contributed by atoms with Gasteiger partial charge >= 0.3 is 0 Å². The fourth-order valence-electron chi connectivity index (χ4n) is 3.54. The predicted octanol–water partition coefficient (Wildman–Crippen LogP) is 5.25. The monoisotopic (exact) mass is 538 g/mol. The summed E-state index contributed by atoms with van der Waals surface area (Å²) in [6.45, 7) is 3.48. The van der Waals surface area contributed by atoms with E-state index in [-0.39, 0.29) is 16.4 Å². The van der Waals surface area contributed by atoms with E-state index >= 15 is 0 Å². The van der Waals surface area contributed by atoms with Crippen molar-refractivity contribution in [1.82, 2.24) is 0 Å². The normalized spacial score (nSPS) is 16.6. The van der Waals surface area contributed by atoms with Crippen molar-refractivity contribution in [2.45, 2.75) is 24.3 Å². The van der Waals surface area contributed by atoms with Crippen molar-refractivity contribution in [1.29, 1.82) is 0 Å². The van der Waals surface area contributed by atoms with Gasteiger partial charge in [0.1, 0.15) is 16.4 Å². The van der Waals surface area contributed by atoms with Crippen LogP contribution in [0.15, 0.2) is 62.4 Å². The Labute approximate surface area is 185 Å². The molecule has 0 saturated carbocycles. The summed E-state index contributed by atoms with van der Waals surface area (Å²) >= 11 is 6.85. The van der Waals surface area contributed by atoms with Gasteiger partial charge in [0.25, 0.3) is 10.1 Å². The van der Waals surface area contributed by atoms with Gasteiger partial charge in [-0.2, -0.15) is 8.42 Å². The van der Waals surface area contributed by atoms with Gasteiger partial charge in [-0.25, -0.2) is 4.18 Å². The highest BCUT2D eigenvalue weighted by atomic mass is 79.9. The lowest BCUT2D eigenvalue weighted by Crippen LogP contribution is -2.29. The highest BCUT2D eigenvalue weighted by molar-refractivity contribution is 9.10. The van der Waals surface area contributed by atoms with Gasteiger partial charge < -0.3 is 10.2 Å². The Kier molecular flexibility index (Phi) is 4.81. The molecule has 0 spiro atoms. The Morgan fingerprint density at radius 1 is 0.862 bits per heavy atom. The van der Waals surface area contributed by atoms with Crippen LogP contribution in [0.1, 0.15) is 27.8 Å². The Morgan fingerprint density at radius 2 is 1.34 bits per heavy atom. The van der Waals surface area contributed by atoms with Gasteiger partial charge in [0.15, 0.2) is 5.60 Å². The van der Waals surface area contributed by atoms with E-state index < -0.39 is 15.7 Å². The summed E-state index contributed by atoms with van der Waals surface area (Å²) in [6.07, 6.45) is 0. The van der Waals surface area contributed by atoms with Crippen molar-refractivity contribution >= 4 is 42.0 Å². The second kappa shape index (κ2) is 6.84. The zero-order valence-corrected chi connectivity index (χ0v) is 19.4. The van der Waals surface area contributed by atoms with Gasteiger partial charge in [-0.05, 0) is 55.3 Å². The fraction of sp³-hybridized carbons (Fsp3) is 0.143. The standard InChI is InChI=1S/C21H16Br2O5S/c1-11-16(22)7-13(9-18(11)24)21(14-8-17(23)12(2)19(25)10-14)15-5-3-4-6-20(15)29(26,27)28-21/h3-10,24-25H,1-2H3. The van der Waals surface area contributed by atoms with Crippen LogP contribution in [0, 0.1) is 13.8 Å². The van der Waals surface area contributed by atoms with Crippen molar-refractivity contribution in [3.8, 4) is 11.5 Å². The molecular formula is C21H16Br2O5S. The molecule has 0 amide bonds. The summed E-state index contributed by atoms with van der Waals surface area (Å²) in [5.41, 5.74) is 0.895. The molecular weight excluding hydrogens is 524 g/mol. The molecule has 150 valence electrons. The zero-order valence-electron chi connectivity index (χ0n) is 15.4. The average Bonchev–Trinajstić information content (AvgIpc) is 2.92. The molecule has 1 aliphatic heterocycles. The van der Waals surface area contributed by atoms with Crippen LogP contribution in [0.5, 0.6) is 11.5 Å². The minimum atomic E-state index is -4.08. The van der Waals surface area contributed by atoms with Crippen LogP contribution in [0.25, 0.3) is 0 Å². The lowest BCUT2D eigenvalue weighted by molar-refractivity contribution is 0.179. The number of halogens is 2. The van der Waals surface area contributed by atoms with Crippen molar-refractivity contribution < 1.29 is 22.8 Å². The molecule has 4 rings (SSSR count). The van der Waals surface area contributed by atoms with Crippen LogP contribution < -0.4 is 0 Å². The Hall–Kier alpha value is -1.87. The first-order valence-corrected chi connectivity index (χ1v) is 11.6. The van der Waals surface area contributed by atoms with Gasteiger partial charge in [0.05, 0.1) is 0 Å². The third-order valence-electron chi connectivity index (χ3n) is 5.22. The summed E-state index contributed by atoms with van der Waals surface area (Å²) in [4.78, 5) is 0.0485. The first kappa shape index (κ1) is 20.4. The van der Waals surface area contributed by atoms with Crippen molar-refractivity contribution in [3.05, 3.63) is 85.3 Å². The third-order valence-corrected chi connectivity index (χ3v) is 8.23. The molecule has 29 heavy (non-hydrogen) atoms. The smallest absolute Gasteiger partial charge is 0.298 e. The molecule has 5 nitrogen and oxygen atoms in total. The first-order chi connectivity index (χ1) is 13.6. The molecule has 0 radical (unpaired) electrons. The molecule has 0 saturated heterocycles. The molecule has 0 atom stereocenters. The van der Waals surface area contributed by atoms with Gasteiger partial charge in [-0.1, -0.05) is 50.1 Å². The number of benzene rings is 3. The average molecular weight is 540 g/mol. The SMILES string of the molecule is Cc1c(O)cc(C2(c3cc(O)c(C)c(Br)c3)OS(=O)(=O)c3ccccc32)cc1Br. The van der Waals surface area contributed by atoms with Crippen LogP contribution in [-0.4, -0.2) is 18.6 Å². The Morgan fingerprint density at radius 3 is 1.83 bits per heavy atom. The molecule has 3 aromatic carbocycles. The summed E-state index contributed by atoms with van der Waals surface area (Å²) < 4.78 is 32.8. The number of aromatic hydroxyl groups is 2. The van der Waals surface area contributed by atoms with Crippen LogP contribution in [0.3, 0.4) is 0 Å². The summed E-state index contributed by atoms with van der Waals surface area (Å²) in [6, 6.07) is 12.9. The maximum Gasteiger partial charge on any atom is 0.298 e. The van der Waals surface area contributed by atoms with Crippen molar-refractivity contribution in [2.75, 3.05) is 0 Å². The number of fused-ring (bicyclic) bond motifs is 1. The lowest BCUT2D eigenvalue weighted by Gasteiger charge is -2.30. The second-order valence-corrected chi connectivity index (χ2v) is 10.1. The number of phenols is 2. The van der Waals surface area contributed by atoms with Gasteiger partial charge in [0.2, 0.25) is 0 Å². The van der Waals surface area contributed by atoms with E-state index in [1.54, 1.807) is 44.2 Å². The van der Waals surface area contributed by atoms with Crippen LogP contribution in [0.4, 0.5) is 0 Å². The van der Waals surface area contributed by atoms with E-state index in [1.165, 1.54) is 18.2 Å². The fourth-order valence-corrected chi connectivity index (χ4v) is 5.87. The van der Waals surface area contributed by atoms with E-state index in [2.05, 4.69) is 31.9 Å². The lowest BCUT2D eigenvalue weighted by atomic mass is 9.79. The van der Waals surface area contributed by atoms with Crippen molar-refractivity contribution in [2.24, 2.45) is 0 Å². The summed E-state index contributed by atoms with van der Waals surface area (Å²) in [5, 5.41) is 20.9. The van der Waals surface area contributed by atoms with Gasteiger partial charge in [0, 0.05) is 25.6 Å². The molecule has 1 aliphatic rings. The van der Waals surface area contributed by atoms with E-state index in [0.717, 1.165) is 0 Å². The number of rotatable bonds is 2. The molecule has 1 heterocycles. The van der Waals surface area contributed by atoms with E-state index in [4.69, 9.17) is 4.18 Å². The highest BCUT2D eigenvalue weighted by Crippen LogP contribution is 2.52. The van der Waals surface area contributed by atoms with E-state index in [0.29, 0.717) is 36.8 Å². The Balaban J connectivity index is 2.16. The molecule has 0 fully saturated rings. The molecule has 0 unspecified atom stereocenters. The maximum absolute atomic E-state index is 12.9. The highest BCUT2D eigenvalue weighted by Gasteiger charge is 2.51. The quantitative estimate of drug-likeness (QED) is 0.434. The minimum Gasteiger partial charge on any atom is -0.508 e. The molecule has 0 aliphatic carbocycles. The zero-order chi connectivity index (χ0) is 21.1. The topological polar surface area (TPSA) is 83.8 Å². The number of hydrogen-bond donors (Lipinski definition) is 2. The largest absolute Gasteiger partial charge is 0.508 e. The van der Waals surface area contributed by atoms with Crippen LogP contribution in [-0.2, 0) is 19.9 Å².